The minimum Gasteiger partial charge on any atom is -0.504 e. The first kappa shape index (κ1) is 19.6. The van der Waals surface area contributed by atoms with Crippen LogP contribution in [0.15, 0.2) is 42.5 Å². The summed E-state index contributed by atoms with van der Waals surface area (Å²) in [6, 6.07) is 11.4. The maximum atomic E-state index is 12.6. The van der Waals surface area contributed by atoms with Gasteiger partial charge in [0.1, 0.15) is 0 Å². The summed E-state index contributed by atoms with van der Waals surface area (Å²) < 4.78 is 5.08. The largest absolute Gasteiger partial charge is 0.504 e. The summed E-state index contributed by atoms with van der Waals surface area (Å²) in [5, 5.41) is 25.5. The Bertz CT molecular complexity index is 958. The number of aromatic hydroxyl groups is 1. The van der Waals surface area contributed by atoms with Crippen LogP contribution in [0.3, 0.4) is 0 Å². The number of hydrogen-bond acceptors (Lipinski definition) is 6. The maximum Gasteiger partial charge on any atom is 0.247 e. The van der Waals surface area contributed by atoms with Crippen LogP contribution in [-0.2, 0) is 11.3 Å². The van der Waals surface area contributed by atoms with Gasteiger partial charge in [0.05, 0.1) is 7.11 Å². The summed E-state index contributed by atoms with van der Waals surface area (Å²) in [5.74, 6) is 0.593. The normalized spacial score (nSPS) is 11.8. The molecule has 146 valence electrons. The number of nitrogens with zero attached hydrogens (tertiary/aromatic N) is 4. The average Bonchev–Trinajstić information content (AvgIpc) is 3.18. The molecule has 1 heterocycles. The van der Waals surface area contributed by atoms with Crippen molar-refractivity contribution in [2.45, 2.75) is 25.9 Å². The molecule has 1 unspecified atom stereocenters. The molecule has 0 saturated heterocycles. The standard InChI is InChI=1S/C19H20ClN5O3/c1-3-15(19(27)21-11-12-4-9-16(26)17(10-12)28-2)25-23-18(22-24-25)13-5-7-14(20)8-6-13/h4-10,15,26H,3,11H2,1-2H3,(H,21,27). The Balaban J connectivity index is 1.69. The van der Waals surface area contributed by atoms with Gasteiger partial charge in [-0.15, -0.1) is 10.2 Å². The summed E-state index contributed by atoms with van der Waals surface area (Å²) in [6.07, 6.45) is 0.501. The fourth-order valence-corrected chi connectivity index (χ4v) is 2.79. The zero-order valence-electron chi connectivity index (χ0n) is 15.5. The van der Waals surface area contributed by atoms with Crippen LogP contribution < -0.4 is 10.1 Å². The van der Waals surface area contributed by atoms with E-state index in [1.165, 1.54) is 18.0 Å². The number of amides is 1. The van der Waals surface area contributed by atoms with E-state index < -0.39 is 6.04 Å². The molecule has 1 amide bonds. The third-order valence-corrected chi connectivity index (χ3v) is 4.46. The van der Waals surface area contributed by atoms with Gasteiger partial charge in [-0.3, -0.25) is 4.79 Å². The molecular formula is C19H20ClN5O3. The number of tetrazole rings is 1. The predicted octanol–water partition coefficient (Wildman–Crippen LogP) is 2.98. The number of phenols is 1. The zero-order valence-corrected chi connectivity index (χ0v) is 16.2. The van der Waals surface area contributed by atoms with Crippen LogP contribution in [0.5, 0.6) is 11.5 Å². The highest BCUT2D eigenvalue weighted by Crippen LogP contribution is 2.26. The fourth-order valence-electron chi connectivity index (χ4n) is 2.66. The Morgan fingerprint density at radius 3 is 2.71 bits per heavy atom. The van der Waals surface area contributed by atoms with Gasteiger partial charge in [0.15, 0.2) is 17.5 Å². The molecule has 0 radical (unpaired) electrons. The van der Waals surface area contributed by atoms with Crippen molar-refractivity contribution in [2.24, 2.45) is 0 Å². The second-order valence-electron chi connectivity index (χ2n) is 6.09. The topological polar surface area (TPSA) is 102 Å². The highest BCUT2D eigenvalue weighted by molar-refractivity contribution is 6.30. The van der Waals surface area contributed by atoms with E-state index in [1.807, 2.05) is 6.92 Å². The van der Waals surface area contributed by atoms with E-state index in [0.29, 0.717) is 23.0 Å². The van der Waals surface area contributed by atoms with E-state index in [9.17, 15) is 9.90 Å². The molecule has 0 saturated carbocycles. The SMILES string of the molecule is CCC(C(=O)NCc1ccc(O)c(OC)c1)n1nnc(-c2ccc(Cl)cc2)n1. The summed E-state index contributed by atoms with van der Waals surface area (Å²) in [7, 11) is 1.47. The lowest BCUT2D eigenvalue weighted by Crippen LogP contribution is -2.33. The van der Waals surface area contributed by atoms with Gasteiger partial charge >= 0.3 is 0 Å². The second-order valence-corrected chi connectivity index (χ2v) is 6.52. The predicted molar refractivity (Wildman–Crippen MR) is 104 cm³/mol. The molecular weight excluding hydrogens is 382 g/mol. The quantitative estimate of drug-likeness (QED) is 0.631. The molecule has 1 atom stereocenters. The molecule has 0 bridgehead atoms. The van der Waals surface area contributed by atoms with Crippen LogP contribution in [0.2, 0.25) is 5.02 Å². The van der Waals surface area contributed by atoms with Crippen molar-refractivity contribution in [1.29, 1.82) is 0 Å². The second kappa shape index (κ2) is 8.71. The summed E-state index contributed by atoms with van der Waals surface area (Å²) in [6.45, 7) is 2.16. The Morgan fingerprint density at radius 1 is 1.29 bits per heavy atom. The van der Waals surface area contributed by atoms with Gasteiger partial charge in [0.25, 0.3) is 0 Å². The van der Waals surface area contributed by atoms with E-state index >= 15 is 0 Å². The van der Waals surface area contributed by atoms with Crippen molar-refractivity contribution >= 4 is 17.5 Å². The molecule has 3 rings (SSSR count). The van der Waals surface area contributed by atoms with Gasteiger partial charge in [-0.1, -0.05) is 24.6 Å². The molecule has 2 N–H and O–H groups in total. The lowest BCUT2D eigenvalue weighted by Gasteiger charge is -2.14. The number of carbonyl (C=O) groups excluding carboxylic acids is 1. The molecule has 2 aromatic carbocycles. The van der Waals surface area contributed by atoms with Gasteiger partial charge in [-0.05, 0) is 53.6 Å². The molecule has 0 fully saturated rings. The number of carbonyl (C=O) groups is 1. The van der Waals surface area contributed by atoms with Gasteiger partial charge in [0.2, 0.25) is 11.7 Å². The smallest absolute Gasteiger partial charge is 0.247 e. The number of ether oxygens (including phenoxy) is 1. The van der Waals surface area contributed by atoms with E-state index in [-0.39, 0.29) is 18.2 Å². The van der Waals surface area contributed by atoms with Gasteiger partial charge in [-0.25, -0.2) is 0 Å². The summed E-state index contributed by atoms with van der Waals surface area (Å²) in [4.78, 5) is 13.9. The Labute approximate surface area is 167 Å². The van der Waals surface area contributed by atoms with E-state index in [0.717, 1.165) is 11.1 Å². The molecule has 1 aromatic heterocycles. The van der Waals surface area contributed by atoms with Crippen LogP contribution in [0.1, 0.15) is 24.9 Å². The number of halogens is 1. The minimum absolute atomic E-state index is 0.0468. The van der Waals surface area contributed by atoms with E-state index in [1.54, 1.807) is 36.4 Å². The van der Waals surface area contributed by atoms with Crippen molar-refractivity contribution < 1.29 is 14.6 Å². The fraction of sp³-hybridized carbons (Fsp3) is 0.263. The highest BCUT2D eigenvalue weighted by Gasteiger charge is 2.22. The van der Waals surface area contributed by atoms with Gasteiger partial charge < -0.3 is 15.2 Å². The van der Waals surface area contributed by atoms with Crippen LogP contribution in [-0.4, -0.2) is 38.3 Å². The van der Waals surface area contributed by atoms with Crippen molar-refractivity contribution in [3.63, 3.8) is 0 Å². The maximum absolute atomic E-state index is 12.6. The number of rotatable bonds is 7. The number of methoxy groups -OCH3 is 1. The Hall–Kier alpha value is -3.13. The van der Waals surface area contributed by atoms with Crippen LogP contribution in [0.4, 0.5) is 0 Å². The Kier molecular flexibility index (Phi) is 6.10. The van der Waals surface area contributed by atoms with Crippen LogP contribution >= 0.6 is 11.6 Å². The van der Waals surface area contributed by atoms with Crippen LogP contribution in [0, 0.1) is 0 Å². The highest BCUT2D eigenvalue weighted by atomic mass is 35.5. The first-order chi connectivity index (χ1) is 13.5. The molecule has 28 heavy (non-hydrogen) atoms. The third-order valence-electron chi connectivity index (χ3n) is 4.21. The zero-order chi connectivity index (χ0) is 20.1. The van der Waals surface area contributed by atoms with Crippen LogP contribution in [0.25, 0.3) is 11.4 Å². The van der Waals surface area contributed by atoms with Crippen molar-refractivity contribution in [1.82, 2.24) is 25.5 Å². The van der Waals surface area contributed by atoms with Crippen molar-refractivity contribution in [3.05, 3.63) is 53.1 Å². The summed E-state index contributed by atoms with van der Waals surface area (Å²) >= 11 is 5.90. The van der Waals surface area contributed by atoms with Crippen molar-refractivity contribution in [3.8, 4) is 22.9 Å². The lowest BCUT2D eigenvalue weighted by atomic mass is 10.2. The number of nitrogens with one attached hydrogen (secondary N) is 1. The lowest BCUT2D eigenvalue weighted by molar-refractivity contribution is -0.125. The van der Waals surface area contributed by atoms with Gasteiger partial charge in [-0.2, -0.15) is 4.80 Å². The first-order valence-corrected chi connectivity index (χ1v) is 9.08. The first-order valence-electron chi connectivity index (χ1n) is 8.71. The molecule has 3 aromatic rings. The third kappa shape index (κ3) is 4.40. The average molecular weight is 402 g/mol. The summed E-state index contributed by atoms with van der Waals surface area (Å²) in [5.41, 5.74) is 1.56. The van der Waals surface area contributed by atoms with E-state index in [2.05, 4.69) is 20.7 Å². The molecule has 8 nitrogen and oxygen atoms in total. The molecule has 0 aliphatic carbocycles. The number of phenolic OH excluding ortho intramolecular Hbond substituents is 1. The number of aromatic nitrogens is 4. The van der Waals surface area contributed by atoms with Gasteiger partial charge in [0, 0.05) is 17.1 Å². The molecule has 0 aliphatic rings. The molecule has 0 aliphatic heterocycles. The Morgan fingerprint density at radius 2 is 2.04 bits per heavy atom. The monoisotopic (exact) mass is 401 g/mol. The number of benzene rings is 2. The van der Waals surface area contributed by atoms with Crippen molar-refractivity contribution in [2.75, 3.05) is 7.11 Å². The molecule has 0 spiro atoms. The molecule has 9 heteroatoms. The minimum atomic E-state index is -0.590. The van der Waals surface area contributed by atoms with E-state index in [4.69, 9.17) is 16.3 Å². The number of hydrogen-bond donors (Lipinski definition) is 2.